The molecule has 0 saturated heterocycles. The summed E-state index contributed by atoms with van der Waals surface area (Å²) < 4.78 is 5.38. The molecule has 0 N–H and O–H groups in total. The monoisotopic (exact) mass is 888 g/mol. The highest BCUT2D eigenvalue weighted by molar-refractivity contribution is 7.00. The molecule has 3 nitrogen and oxygen atoms in total. The molecule has 0 amide bonds. The minimum atomic E-state index is -0.148. The van der Waals surface area contributed by atoms with Gasteiger partial charge >= 0.3 is 0 Å². The highest BCUT2D eigenvalue weighted by atomic mass is 15.2. The molecule has 0 bridgehead atoms. The number of anilines is 3. The minimum Gasteiger partial charge on any atom is -0.310 e. The lowest BCUT2D eigenvalue weighted by Crippen LogP contribution is -2.59. The summed E-state index contributed by atoms with van der Waals surface area (Å²) >= 11 is 0. The van der Waals surface area contributed by atoms with Crippen LogP contribution in [0.4, 0.5) is 17.1 Å². The Balaban J connectivity index is 1.35. The highest BCUT2D eigenvalue weighted by Crippen LogP contribution is 2.48. The first kappa shape index (κ1) is 44.0. The Morgan fingerprint density at radius 3 is 1.40 bits per heavy atom. The molecule has 4 heteroatoms. The largest absolute Gasteiger partial charge is 0.310 e. The molecule has 7 aromatic carbocycles. The lowest BCUT2D eigenvalue weighted by Gasteiger charge is -2.37. The molecule has 9 aromatic rings. The molecule has 0 atom stereocenters. The third-order valence-electron chi connectivity index (χ3n) is 15.0. The van der Waals surface area contributed by atoms with E-state index in [4.69, 9.17) is 0 Å². The smallest absolute Gasteiger partial charge is 0.252 e. The van der Waals surface area contributed by atoms with Crippen LogP contribution in [0.15, 0.2) is 152 Å². The molecule has 0 spiro atoms. The molecular formula is C64H66BN3. The number of aromatic nitrogens is 2. The quantitative estimate of drug-likeness (QED) is 0.152. The summed E-state index contributed by atoms with van der Waals surface area (Å²) in [5, 5.41) is 2.70. The summed E-state index contributed by atoms with van der Waals surface area (Å²) in [6.07, 6.45) is 0.919. The Morgan fingerprint density at radius 2 is 0.912 bits per heavy atom. The normalized spacial score (nSPS) is 13.4. The zero-order valence-electron chi connectivity index (χ0n) is 42.6. The van der Waals surface area contributed by atoms with E-state index in [0.717, 1.165) is 23.5 Å². The van der Waals surface area contributed by atoms with Crippen LogP contribution < -0.4 is 21.3 Å². The van der Waals surface area contributed by atoms with Crippen LogP contribution in [0, 0.1) is 0 Å². The summed E-state index contributed by atoms with van der Waals surface area (Å²) in [7, 11) is 0. The van der Waals surface area contributed by atoms with Crippen molar-refractivity contribution in [3.63, 3.8) is 0 Å². The van der Waals surface area contributed by atoms with Gasteiger partial charge in [0.25, 0.3) is 6.71 Å². The minimum absolute atomic E-state index is 0.0164. The van der Waals surface area contributed by atoms with Gasteiger partial charge in [0.1, 0.15) is 0 Å². The second kappa shape index (κ2) is 15.2. The van der Waals surface area contributed by atoms with Crippen LogP contribution in [-0.2, 0) is 28.1 Å². The molecule has 4 heterocycles. The van der Waals surface area contributed by atoms with Crippen molar-refractivity contribution < 1.29 is 0 Å². The number of aryl methyl sites for hydroxylation is 1. The number of hydrogen-bond donors (Lipinski definition) is 0. The predicted octanol–water partition coefficient (Wildman–Crippen LogP) is 15.3. The highest BCUT2D eigenvalue weighted by Gasteiger charge is 2.44. The van der Waals surface area contributed by atoms with E-state index in [2.05, 4.69) is 256 Å². The fourth-order valence-electron chi connectivity index (χ4n) is 11.7. The lowest BCUT2D eigenvalue weighted by molar-refractivity contribution is 0.590. The first-order valence-corrected chi connectivity index (χ1v) is 25.0. The van der Waals surface area contributed by atoms with Crippen LogP contribution in [0.25, 0.3) is 55.7 Å². The average Bonchev–Trinajstić information content (AvgIpc) is 3.84. The first-order valence-electron chi connectivity index (χ1n) is 25.0. The molecule has 68 heavy (non-hydrogen) atoms. The Morgan fingerprint density at radius 1 is 0.426 bits per heavy atom. The van der Waals surface area contributed by atoms with E-state index in [9.17, 15) is 0 Å². The van der Waals surface area contributed by atoms with Crippen molar-refractivity contribution in [1.82, 2.24) is 9.13 Å². The number of para-hydroxylation sites is 1. The molecule has 2 aliphatic heterocycles. The summed E-state index contributed by atoms with van der Waals surface area (Å²) in [6, 6.07) is 58.4. The maximum Gasteiger partial charge on any atom is 0.252 e. The molecule has 0 aliphatic carbocycles. The molecule has 11 rings (SSSR count). The van der Waals surface area contributed by atoms with Crippen molar-refractivity contribution in [2.45, 2.75) is 118 Å². The first-order chi connectivity index (χ1) is 32.3. The van der Waals surface area contributed by atoms with Crippen molar-refractivity contribution in [1.29, 1.82) is 0 Å². The summed E-state index contributed by atoms with van der Waals surface area (Å²) in [6.45, 7) is 30.5. The van der Waals surface area contributed by atoms with Gasteiger partial charge in [-0.1, -0.05) is 199 Å². The number of nitrogens with zero attached hydrogens (tertiary/aromatic N) is 3. The van der Waals surface area contributed by atoms with Gasteiger partial charge in [0, 0.05) is 44.6 Å². The predicted molar refractivity (Wildman–Crippen MR) is 294 cm³/mol. The number of hydrogen-bond acceptors (Lipinski definition) is 1. The number of rotatable bonds is 6. The molecule has 0 fully saturated rings. The average molecular weight is 888 g/mol. The second-order valence-electron chi connectivity index (χ2n) is 23.8. The van der Waals surface area contributed by atoms with Gasteiger partial charge in [-0.3, -0.25) is 0 Å². The summed E-state index contributed by atoms with van der Waals surface area (Å²) in [5.41, 5.74) is 24.4. The Bertz CT molecular complexity index is 3370. The van der Waals surface area contributed by atoms with Crippen LogP contribution in [0.2, 0.25) is 0 Å². The van der Waals surface area contributed by atoms with Crippen LogP contribution in [0.3, 0.4) is 0 Å². The van der Waals surface area contributed by atoms with Crippen molar-refractivity contribution in [2.24, 2.45) is 0 Å². The standard InChI is InChI=1S/C64H66BN3/c1-14-48-50-36-44(63(8,9)10)37-52-60(50)67(57(48)40-22-17-15-18-23-40)53-38-47(66(45-32-28-42(29-33-45)61(2,3)4)46-34-30-43(31-35-46)62(5,6)7)39-54-56(53)65(52)51-27-21-26-49-55(64(11,12)13)58(68(54)59(49)51)41-24-19-16-20-25-41/h15-39H,14H2,1-13H3. The maximum absolute atomic E-state index is 2.69. The topological polar surface area (TPSA) is 13.1 Å². The molecule has 2 aromatic heterocycles. The fourth-order valence-corrected chi connectivity index (χ4v) is 11.7. The molecule has 2 aliphatic rings. The summed E-state index contributed by atoms with van der Waals surface area (Å²) in [5.74, 6) is 0. The van der Waals surface area contributed by atoms with Gasteiger partial charge in [0.2, 0.25) is 0 Å². The van der Waals surface area contributed by atoms with Gasteiger partial charge in [-0.15, -0.1) is 0 Å². The van der Waals surface area contributed by atoms with Crippen molar-refractivity contribution in [2.75, 3.05) is 4.90 Å². The van der Waals surface area contributed by atoms with Gasteiger partial charge in [0.15, 0.2) is 0 Å². The van der Waals surface area contributed by atoms with E-state index in [0.29, 0.717) is 0 Å². The SMILES string of the molecule is CCc1c(-c2ccccc2)n2c3c(cc(C(C)(C)C)cc13)B1c3c-2cc(N(c2ccc(C(C)(C)C)cc2)c2ccc(C(C)(C)C)cc2)cc3-n2c(-c3ccccc3)c(C(C)(C)C)c3cccc1c32. The fraction of sp³-hybridized carbons (Fsp3) is 0.281. The van der Waals surface area contributed by atoms with E-state index in [-0.39, 0.29) is 28.4 Å². The van der Waals surface area contributed by atoms with E-state index < -0.39 is 0 Å². The van der Waals surface area contributed by atoms with E-state index >= 15 is 0 Å². The van der Waals surface area contributed by atoms with Crippen molar-refractivity contribution >= 4 is 62.0 Å². The van der Waals surface area contributed by atoms with Crippen LogP contribution in [0.5, 0.6) is 0 Å². The third kappa shape index (κ3) is 6.76. The van der Waals surface area contributed by atoms with Gasteiger partial charge in [0.05, 0.1) is 17.1 Å². The Labute approximate surface area is 405 Å². The Hall–Kier alpha value is -6.52. The van der Waals surface area contributed by atoms with Crippen molar-refractivity contribution in [3.8, 4) is 33.9 Å². The van der Waals surface area contributed by atoms with E-state index in [1.165, 1.54) is 99.9 Å². The van der Waals surface area contributed by atoms with Crippen LogP contribution in [0.1, 0.15) is 118 Å². The third-order valence-corrected chi connectivity index (χ3v) is 15.0. The zero-order chi connectivity index (χ0) is 47.8. The molecule has 340 valence electrons. The van der Waals surface area contributed by atoms with E-state index in [1.54, 1.807) is 0 Å². The van der Waals surface area contributed by atoms with E-state index in [1.807, 2.05) is 0 Å². The van der Waals surface area contributed by atoms with Crippen LogP contribution in [-0.4, -0.2) is 15.8 Å². The lowest BCUT2D eigenvalue weighted by atomic mass is 9.34. The number of fused-ring (bicyclic) bond motifs is 4. The molecule has 0 radical (unpaired) electrons. The summed E-state index contributed by atoms with van der Waals surface area (Å²) in [4.78, 5) is 2.51. The molecule has 0 saturated carbocycles. The molecule has 0 unspecified atom stereocenters. The van der Waals surface area contributed by atoms with Crippen molar-refractivity contribution in [3.05, 3.63) is 179 Å². The van der Waals surface area contributed by atoms with Crippen LogP contribution >= 0.6 is 0 Å². The Kier molecular flexibility index (Phi) is 9.87. The molecular weight excluding hydrogens is 822 g/mol. The van der Waals surface area contributed by atoms with Gasteiger partial charge in [-0.25, -0.2) is 0 Å². The zero-order valence-corrected chi connectivity index (χ0v) is 42.6. The second-order valence-corrected chi connectivity index (χ2v) is 23.8. The van der Waals surface area contributed by atoms with Gasteiger partial charge in [-0.05, 0) is 126 Å². The van der Waals surface area contributed by atoms with Gasteiger partial charge < -0.3 is 14.0 Å². The maximum atomic E-state index is 2.69. The van der Waals surface area contributed by atoms with Gasteiger partial charge in [-0.2, -0.15) is 0 Å². The number of benzene rings is 7.